The van der Waals surface area contributed by atoms with Crippen LogP contribution in [0.15, 0.2) is 0 Å². The molecule has 0 aromatic heterocycles. The van der Waals surface area contributed by atoms with E-state index in [4.69, 9.17) is 20.1 Å². The molecule has 0 N–H and O–H groups in total. The molecule has 0 saturated heterocycles. The molecule has 0 saturated carbocycles. The maximum Gasteiger partial charge on any atom is 4.00 e. The van der Waals surface area contributed by atoms with E-state index >= 15 is 0 Å². The van der Waals surface area contributed by atoms with Gasteiger partial charge in [0, 0.05) is 0 Å². The minimum atomic E-state index is -1.25. The van der Waals surface area contributed by atoms with Gasteiger partial charge in [0.1, 0.15) is 0 Å². The molecule has 0 aromatic carbocycles. The van der Waals surface area contributed by atoms with Crippen LogP contribution in [0.5, 0.6) is 0 Å². The van der Waals surface area contributed by atoms with Crippen LogP contribution in [0, 0.1) is 0 Å². The fourth-order valence-corrected chi connectivity index (χ4v) is 0. The Morgan fingerprint density at radius 2 is 0.714 bits per heavy atom. The van der Waals surface area contributed by atoms with Crippen LogP contribution in [0.1, 0.15) is 0 Å². The van der Waals surface area contributed by atoms with Gasteiger partial charge in [-0.25, -0.2) is 0 Å². The van der Waals surface area contributed by atoms with Crippen molar-refractivity contribution >= 4 is 15.4 Å². The average Bonchev–Trinajstić information content (AvgIpc) is 1.39. The van der Waals surface area contributed by atoms with Gasteiger partial charge in [-0.3, -0.25) is 0 Å². The largest absolute Gasteiger partial charge is 4.00 e. The number of hydrogen-bond acceptors (Lipinski definition) is 4. The molecule has 0 aliphatic rings. The Morgan fingerprint density at radius 1 is 0.714 bits per heavy atom. The van der Waals surface area contributed by atoms with Crippen LogP contribution in [-0.4, -0.2) is 15.4 Å². The minimum absolute atomic E-state index is 0. The van der Waals surface area contributed by atoms with E-state index in [0.29, 0.717) is 0 Å². The molecule has 1 radical (unpaired) electrons. The van der Waals surface area contributed by atoms with Crippen LogP contribution in [-0.2, 0) is 20.4 Å². The molecule has 0 rings (SSSR count). The summed E-state index contributed by atoms with van der Waals surface area (Å²) in [6.45, 7) is 0. The van der Waals surface area contributed by atoms with Crippen molar-refractivity contribution in [2.24, 2.45) is 0 Å². The van der Waals surface area contributed by atoms with Gasteiger partial charge in [0.05, 0.1) is 0 Å². The molecule has 0 atom stereocenters. The van der Waals surface area contributed by atoms with Crippen molar-refractivity contribution in [1.29, 1.82) is 0 Å². The third-order valence-corrected chi connectivity index (χ3v) is 0. The molecule has 0 aromatic rings. The molecule has 0 heterocycles. The first kappa shape index (κ1) is 15.6. The monoisotopic (exact) mass is 275 g/mol. The molecule has 7 heavy (non-hydrogen) atoms. The summed E-state index contributed by atoms with van der Waals surface area (Å²) in [7, 11) is -2.50. The molecule has 0 aliphatic carbocycles. The van der Waals surface area contributed by atoms with Gasteiger partial charge in [-0.2, -0.15) is 0 Å². The van der Waals surface area contributed by atoms with Crippen LogP contribution < -0.4 is 20.1 Å². The Bertz CT molecular complexity index is 11.7. The Hall–Kier alpha value is 0.632. The standard InChI is InChI=1S/2BHO2.Re/c2*2-1-3;/h2*1H;/q2*-2;+4. The molecular weight excluding hydrogens is 272 g/mol. The van der Waals surface area contributed by atoms with Crippen molar-refractivity contribution in [3.8, 4) is 0 Å². The summed E-state index contributed by atoms with van der Waals surface area (Å²) < 4.78 is 0. The van der Waals surface area contributed by atoms with E-state index in [1.807, 2.05) is 0 Å². The topological polar surface area (TPSA) is 92.2 Å². The smallest absolute Gasteiger partial charge is 0.896 e. The van der Waals surface area contributed by atoms with Crippen molar-refractivity contribution in [2.75, 3.05) is 0 Å². The first-order chi connectivity index (χ1) is 2.83. The van der Waals surface area contributed by atoms with Gasteiger partial charge in [-0.15, -0.1) is 15.4 Å². The van der Waals surface area contributed by atoms with Crippen molar-refractivity contribution in [3.63, 3.8) is 0 Å². The third-order valence-electron chi connectivity index (χ3n) is 0. The van der Waals surface area contributed by atoms with Gasteiger partial charge in [-0.05, 0) is 0 Å². The molecule has 0 fully saturated rings. The summed E-state index contributed by atoms with van der Waals surface area (Å²) in [6.07, 6.45) is 0. The number of hydrogen-bond donors (Lipinski definition) is 0. The summed E-state index contributed by atoms with van der Waals surface area (Å²) in [6, 6.07) is 0. The van der Waals surface area contributed by atoms with Crippen molar-refractivity contribution in [3.05, 3.63) is 0 Å². The minimum Gasteiger partial charge on any atom is -0.896 e. The van der Waals surface area contributed by atoms with E-state index in [2.05, 4.69) is 0 Å². The van der Waals surface area contributed by atoms with Crippen LogP contribution in [0.2, 0.25) is 0 Å². The molecule has 39 valence electrons. The zero-order chi connectivity index (χ0) is 5.41. The first-order valence-electron chi connectivity index (χ1n) is 1.15. The second-order valence-corrected chi connectivity index (χ2v) is 0.236. The molecule has 0 amide bonds. The average molecular weight is 274 g/mol. The summed E-state index contributed by atoms with van der Waals surface area (Å²) in [5, 5.41) is 33.5. The molecule has 4 nitrogen and oxygen atoms in total. The van der Waals surface area contributed by atoms with Gasteiger partial charge in [0.2, 0.25) is 0 Å². The van der Waals surface area contributed by atoms with Gasteiger partial charge in [-0.1, -0.05) is 0 Å². The second kappa shape index (κ2) is 30.4. The summed E-state index contributed by atoms with van der Waals surface area (Å²) in [5.41, 5.74) is 0. The fraction of sp³-hybridized carbons (Fsp3) is 0. The van der Waals surface area contributed by atoms with Crippen LogP contribution in [0.3, 0.4) is 0 Å². The van der Waals surface area contributed by atoms with Crippen molar-refractivity contribution in [2.45, 2.75) is 0 Å². The molecule has 0 bridgehead atoms. The SMILES string of the molecule is [O-]B[O-].[O-]B[O-].[Re+4]. The van der Waals surface area contributed by atoms with Crippen molar-refractivity contribution < 1.29 is 40.5 Å². The second-order valence-electron chi connectivity index (χ2n) is 0.236. The Labute approximate surface area is 56.5 Å². The molecule has 0 spiro atoms. The predicted octanol–water partition coefficient (Wildman–Crippen LogP) is -6.06. The van der Waals surface area contributed by atoms with E-state index in [1.54, 1.807) is 0 Å². The normalized spacial score (nSPS) is 4.00. The van der Waals surface area contributed by atoms with E-state index in [9.17, 15) is 0 Å². The molecule has 0 unspecified atom stereocenters. The van der Waals surface area contributed by atoms with Gasteiger partial charge >= 0.3 is 20.4 Å². The van der Waals surface area contributed by atoms with Crippen LogP contribution >= 0.6 is 0 Å². The Morgan fingerprint density at radius 3 is 0.714 bits per heavy atom. The van der Waals surface area contributed by atoms with Crippen molar-refractivity contribution in [1.82, 2.24) is 0 Å². The molecular formula is H2B2O4Re. The van der Waals surface area contributed by atoms with Gasteiger partial charge in [0.25, 0.3) is 0 Å². The molecule has 7 heteroatoms. The zero-order valence-electron chi connectivity index (χ0n) is 3.43. The van der Waals surface area contributed by atoms with E-state index < -0.39 is 15.4 Å². The Balaban J connectivity index is -0.0000000400. The van der Waals surface area contributed by atoms with Gasteiger partial charge in [0.15, 0.2) is 0 Å². The maximum atomic E-state index is 8.38. The first-order valence-corrected chi connectivity index (χ1v) is 1.15. The Kier molecular flexibility index (Phi) is 67.9. The zero-order valence-corrected chi connectivity index (χ0v) is 6.14. The quantitative estimate of drug-likeness (QED) is 0.411. The summed E-state index contributed by atoms with van der Waals surface area (Å²) in [4.78, 5) is 0. The summed E-state index contributed by atoms with van der Waals surface area (Å²) >= 11 is 0. The fourth-order valence-electron chi connectivity index (χ4n) is 0. The maximum absolute atomic E-state index is 8.38. The third kappa shape index (κ3) is 356. The van der Waals surface area contributed by atoms with Crippen LogP contribution in [0.25, 0.3) is 0 Å². The predicted molar refractivity (Wildman–Crippen MR) is 14.3 cm³/mol. The van der Waals surface area contributed by atoms with Gasteiger partial charge < -0.3 is 20.1 Å². The summed E-state index contributed by atoms with van der Waals surface area (Å²) in [5.74, 6) is 0. The number of rotatable bonds is 0. The van der Waals surface area contributed by atoms with Crippen LogP contribution in [0.4, 0.5) is 0 Å². The van der Waals surface area contributed by atoms with E-state index in [1.165, 1.54) is 0 Å². The van der Waals surface area contributed by atoms with E-state index in [0.717, 1.165) is 0 Å². The molecule has 0 aliphatic heterocycles. The van der Waals surface area contributed by atoms with E-state index in [-0.39, 0.29) is 20.4 Å².